The van der Waals surface area contributed by atoms with Gasteiger partial charge in [0.05, 0.1) is 11.8 Å². The first-order chi connectivity index (χ1) is 11.5. The minimum absolute atomic E-state index is 0.153. The van der Waals surface area contributed by atoms with Gasteiger partial charge in [-0.25, -0.2) is 4.39 Å². The number of amides is 3. The van der Waals surface area contributed by atoms with Crippen LogP contribution in [0.15, 0.2) is 30.4 Å². The number of rotatable bonds is 4. The van der Waals surface area contributed by atoms with Crippen LogP contribution >= 0.6 is 0 Å². The predicted octanol–water partition coefficient (Wildman–Crippen LogP) is 1.70. The zero-order valence-corrected chi connectivity index (χ0v) is 13.4. The molecule has 2 atom stereocenters. The van der Waals surface area contributed by atoms with E-state index in [0.717, 1.165) is 4.90 Å². The highest BCUT2D eigenvalue weighted by Gasteiger charge is 2.47. The molecule has 3 rings (SSSR count). The summed E-state index contributed by atoms with van der Waals surface area (Å²) < 4.78 is 13.5. The molecule has 0 bridgehead atoms. The van der Waals surface area contributed by atoms with Crippen molar-refractivity contribution in [1.29, 1.82) is 0 Å². The van der Waals surface area contributed by atoms with Crippen molar-refractivity contribution in [3.05, 3.63) is 47.3 Å². The van der Waals surface area contributed by atoms with Gasteiger partial charge in [0.25, 0.3) is 0 Å². The number of nitrogens with one attached hydrogen (secondary N) is 1. The van der Waals surface area contributed by atoms with Gasteiger partial charge < -0.3 is 5.32 Å². The van der Waals surface area contributed by atoms with E-state index in [1.54, 1.807) is 19.1 Å². The van der Waals surface area contributed by atoms with Gasteiger partial charge in [0.1, 0.15) is 12.4 Å². The molecule has 126 valence electrons. The summed E-state index contributed by atoms with van der Waals surface area (Å²) in [7, 11) is 0. The molecule has 1 fully saturated rings. The maximum absolute atomic E-state index is 13.5. The number of aryl methyl sites for hydroxylation is 1. The fourth-order valence-electron chi connectivity index (χ4n) is 3.17. The first kappa shape index (κ1) is 16.4. The monoisotopic (exact) mass is 330 g/mol. The van der Waals surface area contributed by atoms with Crippen LogP contribution in [0, 0.1) is 24.6 Å². The molecule has 3 amide bonds. The van der Waals surface area contributed by atoms with Crippen LogP contribution in [0.1, 0.15) is 24.0 Å². The highest BCUT2D eigenvalue weighted by Crippen LogP contribution is 2.34. The van der Waals surface area contributed by atoms with Crippen LogP contribution in [0.3, 0.4) is 0 Å². The topological polar surface area (TPSA) is 66.5 Å². The summed E-state index contributed by atoms with van der Waals surface area (Å²) >= 11 is 0. The van der Waals surface area contributed by atoms with Gasteiger partial charge in [0.15, 0.2) is 0 Å². The molecule has 1 heterocycles. The minimum atomic E-state index is -0.427. The molecular weight excluding hydrogens is 311 g/mol. The summed E-state index contributed by atoms with van der Waals surface area (Å²) in [5.74, 6) is -1.97. The second-order valence-corrected chi connectivity index (χ2v) is 6.28. The number of fused-ring (bicyclic) bond motifs is 1. The Morgan fingerprint density at radius 2 is 1.83 bits per heavy atom. The van der Waals surface area contributed by atoms with Gasteiger partial charge in [0.2, 0.25) is 17.7 Å². The predicted molar refractivity (Wildman–Crippen MR) is 85.1 cm³/mol. The van der Waals surface area contributed by atoms with E-state index in [9.17, 15) is 18.8 Å². The molecule has 1 aromatic rings. The Balaban J connectivity index is 1.58. The zero-order valence-electron chi connectivity index (χ0n) is 13.4. The molecule has 0 saturated carbocycles. The van der Waals surface area contributed by atoms with Crippen molar-refractivity contribution in [2.75, 3.05) is 6.54 Å². The number of hydrogen-bond acceptors (Lipinski definition) is 3. The quantitative estimate of drug-likeness (QED) is 0.675. The molecule has 1 N–H and O–H groups in total. The molecule has 0 spiro atoms. The average Bonchev–Trinajstić information content (AvgIpc) is 2.81. The minimum Gasteiger partial charge on any atom is -0.350 e. The maximum atomic E-state index is 13.5. The molecule has 2 aliphatic rings. The zero-order chi connectivity index (χ0) is 17.3. The SMILES string of the molecule is Cc1ccc(CNC(=O)CN2C(=O)[C@@H]3CC=CC[C@H]3C2=O)cc1F. The largest absolute Gasteiger partial charge is 0.350 e. The maximum Gasteiger partial charge on any atom is 0.240 e. The third kappa shape index (κ3) is 3.09. The fourth-order valence-corrected chi connectivity index (χ4v) is 3.17. The smallest absolute Gasteiger partial charge is 0.240 e. The van der Waals surface area contributed by atoms with E-state index in [4.69, 9.17) is 0 Å². The molecule has 24 heavy (non-hydrogen) atoms. The lowest BCUT2D eigenvalue weighted by atomic mass is 9.85. The Morgan fingerprint density at radius 1 is 1.21 bits per heavy atom. The van der Waals surface area contributed by atoms with Crippen LogP contribution in [-0.2, 0) is 20.9 Å². The highest BCUT2D eigenvalue weighted by atomic mass is 19.1. The lowest BCUT2D eigenvalue weighted by Crippen LogP contribution is -2.40. The lowest BCUT2D eigenvalue weighted by Gasteiger charge is -2.14. The molecule has 1 aliphatic heterocycles. The van der Waals surface area contributed by atoms with Crippen LogP contribution in [0.2, 0.25) is 0 Å². The Morgan fingerprint density at radius 3 is 2.42 bits per heavy atom. The molecule has 1 aliphatic carbocycles. The number of halogens is 1. The van der Waals surface area contributed by atoms with Gasteiger partial charge in [-0.2, -0.15) is 0 Å². The number of likely N-dealkylation sites (tertiary alicyclic amines) is 1. The molecule has 0 radical (unpaired) electrons. The normalized spacial score (nSPS) is 22.7. The van der Waals surface area contributed by atoms with Crippen LogP contribution in [0.4, 0.5) is 4.39 Å². The number of allylic oxidation sites excluding steroid dienone is 2. The summed E-state index contributed by atoms with van der Waals surface area (Å²) in [6.07, 6.45) is 4.91. The van der Waals surface area contributed by atoms with Crippen molar-refractivity contribution in [1.82, 2.24) is 10.2 Å². The molecule has 1 aromatic carbocycles. The van der Waals surface area contributed by atoms with Crippen molar-refractivity contribution in [2.24, 2.45) is 11.8 Å². The molecule has 6 heteroatoms. The Hall–Kier alpha value is -2.50. The van der Waals surface area contributed by atoms with Gasteiger partial charge in [-0.3, -0.25) is 19.3 Å². The number of carbonyl (C=O) groups is 3. The van der Waals surface area contributed by atoms with Crippen LogP contribution in [0.5, 0.6) is 0 Å². The summed E-state index contributed by atoms with van der Waals surface area (Å²) in [6.45, 7) is 1.54. The van der Waals surface area contributed by atoms with E-state index in [0.29, 0.717) is 24.0 Å². The summed E-state index contributed by atoms with van der Waals surface area (Å²) in [6, 6.07) is 4.73. The second-order valence-electron chi connectivity index (χ2n) is 6.28. The molecule has 0 unspecified atom stereocenters. The fraction of sp³-hybridized carbons (Fsp3) is 0.389. The van der Waals surface area contributed by atoms with Gasteiger partial charge >= 0.3 is 0 Å². The van der Waals surface area contributed by atoms with Crippen LogP contribution in [-0.4, -0.2) is 29.2 Å². The Labute approximate surface area is 139 Å². The molecule has 5 nitrogen and oxygen atoms in total. The van der Waals surface area contributed by atoms with E-state index >= 15 is 0 Å². The van der Waals surface area contributed by atoms with Gasteiger partial charge in [-0.05, 0) is 37.0 Å². The first-order valence-corrected chi connectivity index (χ1v) is 7.99. The summed E-state index contributed by atoms with van der Waals surface area (Å²) in [5.41, 5.74) is 1.16. The van der Waals surface area contributed by atoms with Crippen LogP contribution < -0.4 is 5.32 Å². The number of imide groups is 1. The number of benzene rings is 1. The summed E-state index contributed by atoms with van der Waals surface area (Å²) in [5, 5.41) is 2.63. The van der Waals surface area contributed by atoms with Gasteiger partial charge in [-0.15, -0.1) is 0 Å². The van der Waals surface area contributed by atoms with Crippen molar-refractivity contribution in [3.8, 4) is 0 Å². The van der Waals surface area contributed by atoms with Crippen molar-refractivity contribution in [3.63, 3.8) is 0 Å². The van der Waals surface area contributed by atoms with Crippen molar-refractivity contribution < 1.29 is 18.8 Å². The van der Waals surface area contributed by atoms with E-state index < -0.39 is 5.91 Å². The Bertz CT molecular complexity index is 703. The van der Waals surface area contributed by atoms with Gasteiger partial charge in [0, 0.05) is 6.54 Å². The highest BCUT2D eigenvalue weighted by molar-refractivity contribution is 6.07. The van der Waals surface area contributed by atoms with E-state index in [-0.39, 0.29) is 42.6 Å². The van der Waals surface area contributed by atoms with Crippen molar-refractivity contribution in [2.45, 2.75) is 26.3 Å². The van der Waals surface area contributed by atoms with Crippen molar-refractivity contribution >= 4 is 17.7 Å². The number of carbonyl (C=O) groups excluding carboxylic acids is 3. The van der Waals surface area contributed by atoms with E-state index in [1.807, 2.05) is 12.2 Å². The summed E-state index contributed by atoms with van der Waals surface area (Å²) in [4.78, 5) is 37.7. The third-order valence-corrected chi connectivity index (χ3v) is 4.63. The molecule has 1 saturated heterocycles. The average molecular weight is 330 g/mol. The lowest BCUT2D eigenvalue weighted by molar-refractivity contribution is -0.143. The van der Waals surface area contributed by atoms with Gasteiger partial charge in [-0.1, -0.05) is 24.3 Å². The van der Waals surface area contributed by atoms with E-state index in [2.05, 4.69) is 5.32 Å². The number of nitrogens with zero attached hydrogens (tertiary/aromatic N) is 1. The molecular formula is C18H19FN2O3. The molecule has 0 aromatic heterocycles. The second kappa shape index (κ2) is 6.55. The Kier molecular flexibility index (Phi) is 4.46. The number of hydrogen-bond donors (Lipinski definition) is 1. The standard InChI is InChI=1S/C18H19FN2O3/c1-11-6-7-12(8-15(11)19)9-20-16(22)10-21-17(23)13-4-2-3-5-14(13)18(21)24/h2-3,6-8,13-14H,4-5,9-10H2,1H3,(H,20,22)/t13-,14-/m1/s1. The third-order valence-electron chi connectivity index (χ3n) is 4.63. The van der Waals surface area contributed by atoms with E-state index in [1.165, 1.54) is 6.07 Å². The first-order valence-electron chi connectivity index (χ1n) is 7.99. The van der Waals surface area contributed by atoms with Crippen LogP contribution in [0.25, 0.3) is 0 Å².